The Kier molecular flexibility index (Phi) is 5.52. The highest BCUT2D eigenvalue weighted by atomic mass is 16.5. The van der Waals surface area contributed by atoms with Crippen molar-refractivity contribution >= 4 is 5.82 Å². The van der Waals surface area contributed by atoms with E-state index in [0.29, 0.717) is 17.5 Å². The molecule has 146 valence electrons. The van der Waals surface area contributed by atoms with Crippen molar-refractivity contribution in [2.24, 2.45) is 0 Å². The minimum atomic E-state index is 0.133. The van der Waals surface area contributed by atoms with Gasteiger partial charge in [-0.05, 0) is 48.4 Å². The van der Waals surface area contributed by atoms with Crippen LogP contribution >= 0.6 is 0 Å². The molecule has 29 heavy (non-hydrogen) atoms. The SMILES string of the molecule is CC[C@@H](Nc1ncccc1-c1nc(-c2ccc(OC)cc2)no1)c1ccccc1. The molecule has 0 fully saturated rings. The summed E-state index contributed by atoms with van der Waals surface area (Å²) < 4.78 is 10.7. The number of benzene rings is 2. The highest BCUT2D eigenvalue weighted by Gasteiger charge is 2.17. The number of nitrogens with one attached hydrogen (secondary N) is 1. The van der Waals surface area contributed by atoms with Crippen molar-refractivity contribution in [3.8, 4) is 28.6 Å². The summed E-state index contributed by atoms with van der Waals surface area (Å²) in [5.74, 6) is 2.44. The van der Waals surface area contributed by atoms with Crippen molar-refractivity contribution in [1.82, 2.24) is 15.1 Å². The van der Waals surface area contributed by atoms with Gasteiger partial charge in [-0.15, -0.1) is 0 Å². The molecular weight excluding hydrogens is 364 g/mol. The predicted molar refractivity (Wildman–Crippen MR) is 113 cm³/mol. The highest BCUT2D eigenvalue weighted by molar-refractivity contribution is 5.70. The fourth-order valence-electron chi connectivity index (χ4n) is 3.15. The van der Waals surface area contributed by atoms with Crippen molar-refractivity contribution in [3.05, 3.63) is 78.5 Å². The number of aromatic nitrogens is 3. The van der Waals surface area contributed by atoms with E-state index >= 15 is 0 Å². The van der Waals surface area contributed by atoms with E-state index in [2.05, 4.69) is 39.5 Å². The second-order valence-electron chi connectivity index (χ2n) is 6.57. The summed E-state index contributed by atoms with van der Waals surface area (Å²) in [5.41, 5.74) is 2.83. The van der Waals surface area contributed by atoms with Crippen LogP contribution in [-0.2, 0) is 0 Å². The first-order valence-electron chi connectivity index (χ1n) is 9.53. The number of ether oxygens (including phenoxy) is 1. The van der Waals surface area contributed by atoms with Crippen LogP contribution in [-0.4, -0.2) is 22.2 Å². The van der Waals surface area contributed by atoms with Gasteiger partial charge in [0.05, 0.1) is 18.7 Å². The van der Waals surface area contributed by atoms with Crippen molar-refractivity contribution in [2.45, 2.75) is 19.4 Å². The molecule has 4 aromatic rings. The molecule has 6 nitrogen and oxygen atoms in total. The quantitative estimate of drug-likeness (QED) is 0.460. The Morgan fingerprint density at radius 1 is 1.00 bits per heavy atom. The molecule has 0 amide bonds. The second-order valence-corrected chi connectivity index (χ2v) is 6.57. The Morgan fingerprint density at radius 2 is 1.79 bits per heavy atom. The van der Waals surface area contributed by atoms with E-state index in [0.717, 1.165) is 23.3 Å². The first kappa shape index (κ1) is 18.7. The third-order valence-electron chi connectivity index (χ3n) is 4.73. The topological polar surface area (TPSA) is 73.1 Å². The average Bonchev–Trinajstić information content (AvgIpc) is 3.28. The molecule has 0 radical (unpaired) electrons. The Bertz CT molecular complexity index is 1060. The first-order chi connectivity index (χ1) is 14.3. The van der Waals surface area contributed by atoms with Crippen molar-refractivity contribution in [2.75, 3.05) is 12.4 Å². The molecule has 0 saturated carbocycles. The van der Waals surface area contributed by atoms with E-state index in [1.54, 1.807) is 13.3 Å². The second kappa shape index (κ2) is 8.56. The maximum atomic E-state index is 5.55. The number of rotatable bonds is 7. The molecule has 6 heteroatoms. The van der Waals surface area contributed by atoms with Gasteiger partial charge in [-0.25, -0.2) is 4.98 Å². The van der Waals surface area contributed by atoms with Gasteiger partial charge in [0.2, 0.25) is 5.82 Å². The molecule has 2 aromatic heterocycles. The van der Waals surface area contributed by atoms with Crippen LogP contribution in [0.5, 0.6) is 5.75 Å². The van der Waals surface area contributed by atoms with Crippen LogP contribution in [0.1, 0.15) is 24.9 Å². The largest absolute Gasteiger partial charge is 0.497 e. The Labute approximate surface area is 169 Å². The number of hydrogen-bond donors (Lipinski definition) is 1. The predicted octanol–water partition coefficient (Wildman–Crippen LogP) is 5.37. The van der Waals surface area contributed by atoms with Crippen LogP contribution in [0.15, 0.2) is 77.4 Å². The molecule has 1 N–H and O–H groups in total. The van der Waals surface area contributed by atoms with Gasteiger partial charge in [0.25, 0.3) is 5.89 Å². The molecule has 0 aliphatic rings. The van der Waals surface area contributed by atoms with Gasteiger partial charge < -0.3 is 14.6 Å². The first-order valence-corrected chi connectivity index (χ1v) is 9.53. The van der Waals surface area contributed by atoms with E-state index in [9.17, 15) is 0 Å². The molecule has 0 aliphatic carbocycles. The summed E-state index contributed by atoms with van der Waals surface area (Å²) >= 11 is 0. The molecule has 0 bridgehead atoms. The molecule has 0 aliphatic heterocycles. The van der Waals surface area contributed by atoms with Crippen molar-refractivity contribution < 1.29 is 9.26 Å². The number of nitrogens with zero attached hydrogens (tertiary/aromatic N) is 3. The van der Waals surface area contributed by atoms with Gasteiger partial charge in [0.1, 0.15) is 11.6 Å². The van der Waals surface area contributed by atoms with Gasteiger partial charge in [-0.3, -0.25) is 0 Å². The lowest BCUT2D eigenvalue weighted by atomic mass is 10.0. The Hall–Kier alpha value is -3.67. The summed E-state index contributed by atoms with van der Waals surface area (Å²) in [6, 6.07) is 21.8. The zero-order chi connectivity index (χ0) is 20.1. The Balaban J connectivity index is 1.62. The van der Waals surface area contributed by atoms with Crippen LogP contribution in [0, 0.1) is 0 Å². The van der Waals surface area contributed by atoms with Gasteiger partial charge in [-0.1, -0.05) is 42.4 Å². The highest BCUT2D eigenvalue weighted by Crippen LogP contribution is 2.30. The van der Waals surface area contributed by atoms with Crippen molar-refractivity contribution in [3.63, 3.8) is 0 Å². The zero-order valence-corrected chi connectivity index (χ0v) is 16.4. The molecule has 0 saturated heterocycles. The monoisotopic (exact) mass is 386 g/mol. The van der Waals surface area contributed by atoms with Crippen LogP contribution in [0.25, 0.3) is 22.8 Å². The molecule has 0 spiro atoms. The average molecular weight is 386 g/mol. The minimum absolute atomic E-state index is 0.133. The molecule has 2 heterocycles. The summed E-state index contributed by atoms with van der Waals surface area (Å²) in [5, 5.41) is 7.66. The van der Waals surface area contributed by atoms with E-state index in [1.807, 2.05) is 54.6 Å². The smallest absolute Gasteiger partial charge is 0.261 e. The van der Waals surface area contributed by atoms with E-state index in [4.69, 9.17) is 9.26 Å². The maximum Gasteiger partial charge on any atom is 0.261 e. The summed E-state index contributed by atoms with van der Waals surface area (Å²) in [4.78, 5) is 9.09. The van der Waals surface area contributed by atoms with Crippen LogP contribution in [0.4, 0.5) is 5.82 Å². The number of methoxy groups -OCH3 is 1. The minimum Gasteiger partial charge on any atom is -0.497 e. The van der Waals surface area contributed by atoms with E-state index in [1.165, 1.54) is 5.56 Å². The zero-order valence-electron chi connectivity index (χ0n) is 16.4. The van der Waals surface area contributed by atoms with Crippen LogP contribution < -0.4 is 10.1 Å². The van der Waals surface area contributed by atoms with Gasteiger partial charge in [0.15, 0.2) is 0 Å². The van der Waals surface area contributed by atoms with Gasteiger partial charge in [0, 0.05) is 11.8 Å². The van der Waals surface area contributed by atoms with E-state index < -0.39 is 0 Å². The lowest BCUT2D eigenvalue weighted by Crippen LogP contribution is -2.11. The van der Waals surface area contributed by atoms with Crippen LogP contribution in [0.3, 0.4) is 0 Å². The third-order valence-corrected chi connectivity index (χ3v) is 4.73. The number of hydrogen-bond acceptors (Lipinski definition) is 6. The number of pyridine rings is 1. The Morgan fingerprint density at radius 3 is 2.52 bits per heavy atom. The molecule has 4 rings (SSSR count). The van der Waals surface area contributed by atoms with Crippen LogP contribution in [0.2, 0.25) is 0 Å². The summed E-state index contributed by atoms with van der Waals surface area (Å²) in [6.07, 6.45) is 2.67. The standard InChI is InChI=1S/C23H22N4O2/c1-3-20(16-8-5-4-6-9-16)25-22-19(10-7-15-24-22)23-26-21(27-29-23)17-11-13-18(28-2)14-12-17/h4-15,20H,3H2,1-2H3,(H,24,25)/t20-/m1/s1. The normalized spacial score (nSPS) is 11.8. The van der Waals surface area contributed by atoms with Gasteiger partial charge in [-0.2, -0.15) is 4.98 Å². The lowest BCUT2D eigenvalue weighted by molar-refractivity contribution is 0.415. The molecule has 0 unspecified atom stereocenters. The molecule has 2 aromatic carbocycles. The maximum absolute atomic E-state index is 5.55. The van der Waals surface area contributed by atoms with Crippen molar-refractivity contribution in [1.29, 1.82) is 0 Å². The van der Waals surface area contributed by atoms with E-state index in [-0.39, 0.29) is 6.04 Å². The molecule has 1 atom stereocenters. The van der Waals surface area contributed by atoms with Gasteiger partial charge >= 0.3 is 0 Å². The fourth-order valence-corrected chi connectivity index (χ4v) is 3.15. The fraction of sp³-hybridized carbons (Fsp3) is 0.174. The number of anilines is 1. The third kappa shape index (κ3) is 4.11. The summed E-state index contributed by atoms with van der Waals surface area (Å²) in [6.45, 7) is 2.14. The molecular formula is C23H22N4O2. The lowest BCUT2D eigenvalue weighted by Gasteiger charge is -2.19. The summed E-state index contributed by atoms with van der Waals surface area (Å²) in [7, 11) is 1.64.